The molecule has 0 amide bonds. The first-order chi connectivity index (χ1) is 24.2. The summed E-state index contributed by atoms with van der Waals surface area (Å²) in [5.74, 6) is -2.06. The third kappa shape index (κ3) is 8.01. The molecule has 2 saturated heterocycles. The smallest absolute Gasteiger partial charge is 0.363 e. The molecule has 5 rings (SSSR count). The van der Waals surface area contributed by atoms with E-state index in [4.69, 9.17) is 18.5 Å². The maximum atomic E-state index is 14.4. The third-order valence-electron chi connectivity index (χ3n) is 8.26. The fourth-order valence-electron chi connectivity index (χ4n) is 5.53. The molecule has 51 heavy (non-hydrogen) atoms. The Morgan fingerprint density at radius 3 is 1.75 bits per heavy atom. The standard InChI is InChI=1S/C27H30N11O12P/c1-13-9-36(26(42)30-23(13)39)21-7-17(32-34-28)19(49-21)11-47-51(46,25(41)15-3-5-16(6-4-15)38(44)45)48-12-20-18(33-35-29)8-22(50-20)37-10-14(2)24(40)31-27(37)43/h3-6,9-10,17-22,25,41H,7-8,11-12H2,1-2H3,(H,30,39,42)(H,31,40,43)/t17-,18-,19+,20+,21+,22+,25?/m0/s1. The van der Waals surface area contributed by atoms with E-state index < -0.39 is 90.8 Å². The molecule has 1 aromatic carbocycles. The van der Waals surface area contributed by atoms with Gasteiger partial charge in [-0.1, -0.05) is 10.2 Å². The van der Waals surface area contributed by atoms with Gasteiger partial charge in [0.25, 0.3) is 16.8 Å². The molecule has 2 aromatic heterocycles. The zero-order valence-corrected chi connectivity index (χ0v) is 27.6. The first kappa shape index (κ1) is 36.9. The average molecular weight is 732 g/mol. The average Bonchev–Trinajstić information content (AvgIpc) is 3.69. The molecule has 7 atom stereocenters. The Bertz CT molecular complexity index is 2070. The first-order valence-corrected chi connectivity index (χ1v) is 16.7. The van der Waals surface area contributed by atoms with Crippen LogP contribution in [-0.2, 0) is 23.1 Å². The van der Waals surface area contributed by atoms with Crippen LogP contribution >= 0.6 is 7.60 Å². The number of hydrogen-bond donors (Lipinski definition) is 3. The Morgan fingerprint density at radius 1 is 0.922 bits per heavy atom. The second-order valence-corrected chi connectivity index (χ2v) is 13.7. The molecule has 4 heterocycles. The summed E-state index contributed by atoms with van der Waals surface area (Å²) in [6.07, 6.45) is -2.04. The van der Waals surface area contributed by atoms with Crippen molar-refractivity contribution in [1.29, 1.82) is 0 Å². The van der Waals surface area contributed by atoms with E-state index >= 15 is 0 Å². The number of H-pyrrole nitrogens is 2. The Labute approximate surface area is 284 Å². The van der Waals surface area contributed by atoms with Crippen molar-refractivity contribution in [3.05, 3.63) is 126 Å². The molecular weight excluding hydrogens is 701 g/mol. The van der Waals surface area contributed by atoms with E-state index in [2.05, 4.69) is 30.0 Å². The molecule has 3 aromatic rings. The van der Waals surface area contributed by atoms with Gasteiger partial charge in [-0.25, -0.2) is 9.59 Å². The number of azide groups is 2. The van der Waals surface area contributed by atoms with Gasteiger partial charge < -0.3 is 23.6 Å². The van der Waals surface area contributed by atoms with Crippen LogP contribution in [0.5, 0.6) is 0 Å². The molecule has 0 saturated carbocycles. The molecule has 0 radical (unpaired) electrons. The Hall–Kier alpha value is -5.37. The number of hydrogen-bond acceptors (Lipinski definition) is 14. The highest BCUT2D eigenvalue weighted by Crippen LogP contribution is 2.60. The second kappa shape index (κ2) is 15.3. The van der Waals surface area contributed by atoms with Gasteiger partial charge in [-0.3, -0.25) is 43.4 Å². The fourth-order valence-corrected chi connectivity index (χ4v) is 7.14. The van der Waals surface area contributed by atoms with E-state index in [-0.39, 0.29) is 35.2 Å². The Kier molecular flexibility index (Phi) is 11.0. The summed E-state index contributed by atoms with van der Waals surface area (Å²) in [4.78, 5) is 69.1. The number of nitro benzene ring substituents is 1. The molecule has 24 heteroatoms. The predicted octanol–water partition coefficient (Wildman–Crippen LogP) is 2.46. The van der Waals surface area contributed by atoms with E-state index in [1.807, 2.05) is 0 Å². The highest BCUT2D eigenvalue weighted by Gasteiger charge is 2.44. The molecule has 2 aliphatic heterocycles. The minimum Gasteiger partial charge on any atom is -0.376 e. The van der Waals surface area contributed by atoms with E-state index in [0.717, 1.165) is 33.4 Å². The Morgan fingerprint density at radius 2 is 1.35 bits per heavy atom. The molecule has 0 bridgehead atoms. The quantitative estimate of drug-likeness (QED) is 0.0570. The number of ether oxygens (including phenoxy) is 2. The molecule has 3 N–H and O–H groups in total. The summed E-state index contributed by atoms with van der Waals surface area (Å²) in [7, 11) is -4.77. The van der Waals surface area contributed by atoms with Gasteiger partial charge in [-0.2, -0.15) is 0 Å². The minimum absolute atomic E-state index is 0.0612. The van der Waals surface area contributed by atoms with Crippen LogP contribution in [0, 0.1) is 24.0 Å². The maximum absolute atomic E-state index is 14.4. The van der Waals surface area contributed by atoms with Crippen LogP contribution in [0.15, 0.2) is 66.1 Å². The Balaban J connectivity index is 1.41. The molecule has 1 unspecified atom stereocenters. The van der Waals surface area contributed by atoms with Crippen molar-refractivity contribution in [1.82, 2.24) is 19.1 Å². The SMILES string of the molecule is Cc1cn([C@H]2C[C@H](N=[N+]=[N-])[C@@H](COP(=O)(OC[C@H]3O[C@@H](n4cc(C)c(=O)[nH]c4=O)C[C@@H]3N=[N+]=[N-])C(O)c3ccc([N+](=O)[O-])cc3)O2)c(=O)[nH]c1=O. The molecular formula is C27H30N11O12P. The summed E-state index contributed by atoms with van der Waals surface area (Å²) >= 11 is 0. The number of aromatic nitrogens is 4. The van der Waals surface area contributed by atoms with Crippen molar-refractivity contribution in [3.63, 3.8) is 0 Å². The van der Waals surface area contributed by atoms with Crippen molar-refractivity contribution in [2.45, 2.75) is 69.3 Å². The molecule has 0 spiro atoms. The number of benzene rings is 1. The van der Waals surface area contributed by atoms with Gasteiger partial charge in [0.15, 0.2) is 5.85 Å². The fraction of sp³-hybridized carbons (Fsp3) is 0.481. The summed E-state index contributed by atoms with van der Waals surface area (Å²) in [6, 6.07) is 2.40. The highest BCUT2D eigenvalue weighted by atomic mass is 31.2. The van der Waals surface area contributed by atoms with Crippen molar-refractivity contribution < 1.29 is 33.1 Å². The van der Waals surface area contributed by atoms with Gasteiger partial charge >= 0.3 is 19.0 Å². The van der Waals surface area contributed by atoms with Crippen LogP contribution in [-0.4, -0.2) is 66.6 Å². The second-order valence-electron chi connectivity index (χ2n) is 11.6. The van der Waals surface area contributed by atoms with E-state index in [0.29, 0.717) is 0 Å². The normalized spacial score (nSPS) is 24.6. The lowest BCUT2D eigenvalue weighted by molar-refractivity contribution is -0.384. The molecule has 23 nitrogen and oxygen atoms in total. The molecule has 2 aliphatic rings. The number of aliphatic hydroxyl groups is 1. The minimum atomic E-state index is -4.77. The number of rotatable bonds is 13. The number of nitrogens with zero attached hydrogens (tertiary/aromatic N) is 9. The summed E-state index contributed by atoms with van der Waals surface area (Å²) < 4.78 is 39.8. The molecule has 2 fully saturated rings. The number of nitrogens with one attached hydrogen (secondary N) is 2. The van der Waals surface area contributed by atoms with Gasteiger partial charge in [-0.05, 0) is 42.6 Å². The molecule has 270 valence electrons. The van der Waals surface area contributed by atoms with Gasteiger partial charge in [0.05, 0.1) is 42.4 Å². The monoisotopic (exact) mass is 731 g/mol. The maximum Gasteiger partial charge on any atom is 0.363 e. The third-order valence-corrected chi connectivity index (χ3v) is 10.2. The van der Waals surface area contributed by atoms with Crippen molar-refractivity contribution >= 4 is 13.3 Å². The van der Waals surface area contributed by atoms with Gasteiger partial charge in [-0.15, -0.1) is 0 Å². The van der Waals surface area contributed by atoms with Crippen LogP contribution in [0.1, 0.15) is 47.8 Å². The predicted molar refractivity (Wildman–Crippen MR) is 173 cm³/mol. The number of aryl methyl sites for hydroxylation is 2. The van der Waals surface area contributed by atoms with Crippen LogP contribution < -0.4 is 22.5 Å². The zero-order valence-electron chi connectivity index (χ0n) is 26.7. The first-order valence-electron chi connectivity index (χ1n) is 15.1. The van der Waals surface area contributed by atoms with Crippen LogP contribution in [0.2, 0.25) is 0 Å². The number of aromatic amines is 2. The summed E-state index contributed by atoms with van der Waals surface area (Å²) in [5, 5.41) is 29.9. The van der Waals surface area contributed by atoms with E-state index in [1.54, 1.807) is 0 Å². The molecule has 0 aliphatic carbocycles. The number of non-ortho nitro benzene ring substituents is 1. The lowest BCUT2D eigenvalue weighted by Gasteiger charge is -2.27. The van der Waals surface area contributed by atoms with Gasteiger partial charge in [0, 0.05) is 58.3 Å². The van der Waals surface area contributed by atoms with Crippen LogP contribution in [0.3, 0.4) is 0 Å². The van der Waals surface area contributed by atoms with Crippen LogP contribution in [0.4, 0.5) is 5.69 Å². The summed E-state index contributed by atoms with van der Waals surface area (Å²) in [6.45, 7) is 1.65. The largest absolute Gasteiger partial charge is 0.376 e. The van der Waals surface area contributed by atoms with Crippen LogP contribution in [0.25, 0.3) is 20.9 Å². The van der Waals surface area contributed by atoms with Gasteiger partial charge in [0.2, 0.25) is 0 Å². The van der Waals surface area contributed by atoms with Crippen molar-refractivity contribution in [3.8, 4) is 0 Å². The van der Waals surface area contributed by atoms with Crippen molar-refractivity contribution in [2.24, 2.45) is 10.2 Å². The lowest BCUT2D eigenvalue weighted by Crippen LogP contribution is -2.33. The summed E-state index contributed by atoms with van der Waals surface area (Å²) in [5.41, 5.74) is 15.5. The van der Waals surface area contributed by atoms with E-state index in [9.17, 15) is 50.0 Å². The van der Waals surface area contributed by atoms with E-state index in [1.165, 1.54) is 26.2 Å². The number of nitro groups is 1. The van der Waals surface area contributed by atoms with Gasteiger partial charge in [0.1, 0.15) is 12.5 Å². The lowest BCUT2D eigenvalue weighted by atomic mass is 10.1. The highest BCUT2D eigenvalue weighted by molar-refractivity contribution is 7.54. The topological polar surface area (TPSA) is 325 Å². The zero-order chi connectivity index (χ0) is 37.0. The van der Waals surface area contributed by atoms with Crippen molar-refractivity contribution in [2.75, 3.05) is 13.2 Å². The number of aliphatic hydroxyl groups excluding tert-OH is 1.